The van der Waals surface area contributed by atoms with Crippen LogP contribution in [0.4, 0.5) is 0 Å². The highest BCUT2D eigenvalue weighted by Gasteiger charge is 2.34. The fraction of sp³-hybridized carbons (Fsp3) is 0.500. The molecule has 1 aromatic carbocycles. The maximum atomic E-state index is 12.1. The Morgan fingerprint density at radius 2 is 2.05 bits per heavy atom. The Balaban J connectivity index is 2.02. The van der Waals surface area contributed by atoms with Gasteiger partial charge in [0.05, 0.1) is 13.0 Å². The number of fused-ring (bicyclic) bond motifs is 1. The molecule has 0 spiro atoms. The first-order chi connectivity index (χ1) is 9.94. The van der Waals surface area contributed by atoms with Crippen LogP contribution in [-0.2, 0) is 33.6 Å². The molecule has 1 aromatic rings. The van der Waals surface area contributed by atoms with E-state index in [-0.39, 0.29) is 18.9 Å². The van der Waals surface area contributed by atoms with Crippen molar-refractivity contribution in [2.75, 3.05) is 13.7 Å². The third-order valence-corrected chi connectivity index (χ3v) is 3.85. The fourth-order valence-corrected chi connectivity index (χ4v) is 2.71. The lowest BCUT2D eigenvalue weighted by Gasteiger charge is -2.25. The quantitative estimate of drug-likeness (QED) is 0.829. The zero-order valence-electron chi connectivity index (χ0n) is 12.4. The van der Waals surface area contributed by atoms with Gasteiger partial charge in [0.25, 0.3) is 0 Å². The van der Waals surface area contributed by atoms with Crippen LogP contribution in [0, 0.1) is 0 Å². The number of benzene rings is 1. The second-order valence-electron chi connectivity index (χ2n) is 5.75. The second kappa shape index (κ2) is 6.26. The average molecular weight is 291 g/mol. The molecule has 1 unspecified atom stereocenters. The molecule has 0 saturated heterocycles. The van der Waals surface area contributed by atoms with Gasteiger partial charge < -0.3 is 15.2 Å². The standard InChI is InChI=1S/C16H21NO4/c1-16(10-21-2,15(19)20)17-14(18)9-11-6-7-12-4-3-5-13(12)8-11/h6-8H,3-5,9-10H2,1-2H3,(H,17,18)(H,19,20). The van der Waals surface area contributed by atoms with E-state index in [9.17, 15) is 14.7 Å². The van der Waals surface area contributed by atoms with Crippen molar-refractivity contribution in [1.29, 1.82) is 0 Å². The number of amides is 1. The normalized spacial score (nSPS) is 16.1. The van der Waals surface area contributed by atoms with E-state index in [1.54, 1.807) is 0 Å². The summed E-state index contributed by atoms with van der Waals surface area (Å²) in [5.74, 6) is -1.42. The first-order valence-corrected chi connectivity index (χ1v) is 7.08. The lowest BCUT2D eigenvalue weighted by atomic mass is 10.0. The number of aliphatic carboxylic acids is 1. The summed E-state index contributed by atoms with van der Waals surface area (Å²) in [7, 11) is 1.41. The van der Waals surface area contributed by atoms with Crippen LogP contribution >= 0.6 is 0 Å². The van der Waals surface area contributed by atoms with Gasteiger partial charge in [-0.25, -0.2) is 4.79 Å². The summed E-state index contributed by atoms with van der Waals surface area (Å²) in [6, 6.07) is 6.06. The molecule has 1 aliphatic carbocycles. The van der Waals surface area contributed by atoms with Crippen LogP contribution in [0.5, 0.6) is 0 Å². The number of ether oxygens (including phenoxy) is 1. The van der Waals surface area contributed by atoms with E-state index in [2.05, 4.69) is 17.4 Å². The van der Waals surface area contributed by atoms with Crippen LogP contribution in [0.1, 0.15) is 30.0 Å². The highest BCUT2D eigenvalue weighted by atomic mass is 16.5. The zero-order valence-corrected chi connectivity index (χ0v) is 12.4. The Morgan fingerprint density at radius 3 is 2.71 bits per heavy atom. The Morgan fingerprint density at radius 1 is 1.33 bits per heavy atom. The Bertz CT molecular complexity index is 555. The van der Waals surface area contributed by atoms with Gasteiger partial charge in [-0.15, -0.1) is 0 Å². The van der Waals surface area contributed by atoms with Gasteiger partial charge in [-0.3, -0.25) is 4.79 Å². The van der Waals surface area contributed by atoms with Crippen molar-refractivity contribution in [3.05, 3.63) is 34.9 Å². The summed E-state index contributed by atoms with van der Waals surface area (Å²) in [5, 5.41) is 11.8. The largest absolute Gasteiger partial charge is 0.479 e. The van der Waals surface area contributed by atoms with E-state index in [1.807, 2.05) is 6.07 Å². The molecule has 5 heteroatoms. The summed E-state index contributed by atoms with van der Waals surface area (Å²) in [6.07, 6.45) is 3.50. The van der Waals surface area contributed by atoms with Crippen molar-refractivity contribution >= 4 is 11.9 Å². The minimum atomic E-state index is -1.40. The molecule has 1 aliphatic rings. The predicted molar refractivity (Wildman–Crippen MR) is 78.2 cm³/mol. The molecule has 21 heavy (non-hydrogen) atoms. The number of hydrogen-bond acceptors (Lipinski definition) is 3. The van der Waals surface area contributed by atoms with Gasteiger partial charge in [0, 0.05) is 7.11 Å². The van der Waals surface area contributed by atoms with E-state index in [4.69, 9.17) is 4.74 Å². The lowest BCUT2D eigenvalue weighted by molar-refractivity contribution is -0.149. The number of carboxylic acid groups (broad SMARTS) is 1. The van der Waals surface area contributed by atoms with E-state index in [1.165, 1.54) is 25.2 Å². The lowest BCUT2D eigenvalue weighted by Crippen LogP contribution is -2.55. The number of aryl methyl sites for hydroxylation is 2. The molecule has 2 rings (SSSR count). The second-order valence-corrected chi connectivity index (χ2v) is 5.75. The summed E-state index contributed by atoms with van der Waals surface area (Å²) in [5.41, 5.74) is 2.17. The van der Waals surface area contributed by atoms with E-state index >= 15 is 0 Å². The van der Waals surface area contributed by atoms with Crippen molar-refractivity contribution in [3.8, 4) is 0 Å². The van der Waals surface area contributed by atoms with Gasteiger partial charge in [0.2, 0.25) is 5.91 Å². The number of carbonyl (C=O) groups is 2. The Kier molecular flexibility index (Phi) is 4.63. The van der Waals surface area contributed by atoms with Crippen molar-refractivity contribution < 1.29 is 19.4 Å². The zero-order chi connectivity index (χ0) is 15.5. The predicted octanol–water partition coefficient (Wildman–Crippen LogP) is 1.32. The fourth-order valence-electron chi connectivity index (χ4n) is 2.71. The summed E-state index contributed by atoms with van der Waals surface area (Å²) in [6.45, 7) is 1.37. The van der Waals surface area contributed by atoms with Gasteiger partial charge in [-0.05, 0) is 42.9 Å². The van der Waals surface area contributed by atoms with Gasteiger partial charge >= 0.3 is 5.97 Å². The van der Waals surface area contributed by atoms with Crippen LogP contribution in [0.3, 0.4) is 0 Å². The molecular weight excluding hydrogens is 270 g/mol. The molecule has 0 aromatic heterocycles. The Labute approximate surface area is 124 Å². The van der Waals surface area contributed by atoms with Crippen molar-refractivity contribution in [2.45, 2.75) is 38.1 Å². The molecule has 0 aliphatic heterocycles. The highest BCUT2D eigenvalue weighted by Crippen LogP contribution is 2.23. The number of carbonyl (C=O) groups excluding carboxylic acids is 1. The van der Waals surface area contributed by atoms with Crippen molar-refractivity contribution in [3.63, 3.8) is 0 Å². The number of nitrogens with one attached hydrogen (secondary N) is 1. The molecule has 0 saturated carbocycles. The van der Waals surface area contributed by atoms with Crippen molar-refractivity contribution in [1.82, 2.24) is 5.32 Å². The molecule has 1 atom stereocenters. The van der Waals surface area contributed by atoms with Crippen LogP contribution in [0.25, 0.3) is 0 Å². The number of rotatable bonds is 6. The molecule has 0 bridgehead atoms. The van der Waals surface area contributed by atoms with E-state index < -0.39 is 11.5 Å². The SMILES string of the molecule is COCC(C)(NC(=O)Cc1ccc2c(c1)CCC2)C(=O)O. The molecule has 114 valence electrons. The number of methoxy groups -OCH3 is 1. The summed E-state index contributed by atoms with van der Waals surface area (Å²) < 4.78 is 4.88. The maximum absolute atomic E-state index is 12.1. The van der Waals surface area contributed by atoms with Crippen LogP contribution in [-0.4, -0.2) is 36.2 Å². The molecule has 5 nitrogen and oxygen atoms in total. The van der Waals surface area contributed by atoms with Gasteiger partial charge in [-0.1, -0.05) is 18.2 Å². The smallest absolute Gasteiger partial charge is 0.331 e. The number of carboxylic acids is 1. The Hall–Kier alpha value is -1.88. The van der Waals surface area contributed by atoms with Crippen LogP contribution < -0.4 is 5.32 Å². The molecular formula is C16H21NO4. The first-order valence-electron chi connectivity index (χ1n) is 7.08. The summed E-state index contributed by atoms with van der Waals surface area (Å²) in [4.78, 5) is 23.3. The summed E-state index contributed by atoms with van der Waals surface area (Å²) >= 11 is 0. The van der Waals surface area contributed by atoms with E-state index in [0.29, 0.717) is 0 Å². The van der Waals surface area contributed by atoms with Gasteiger partial charge in [0.1, 0.15) is 0 Å². The minimum absolute atomic E-state index is 0.0712. The third-order valence-electron chi connectivity index (χ3n) is 3.85. The third kappa shape index (κ3) is 3.61. The van der Waals surface area contributed by atoms with Crippen molar-refractivity contribution in [2.24, 2.45) is 0 Å². The molecule has 1 amide bonds. The molecule has 0 radical (unpaired) electrons. The average Bonchev–Trinajstić information content (AvgIpc) is 2.85. The molecule has 0 fully saturated rings. The molecule has 2 N–H and O–H groups in total. The highest BCUT2D eigenvalue weighted by molar-refractivity contribution is 5.87. The first kappa shape index (κ1) is 15.5. The number of hydrogen-bond donors (Lipinski definition) is 2. The monoisotopic (exact) mass is 291 g/mol. The minimum Gasteiger partial charge on any atom is -0.479 e. The van der Waals surface area contributed by atoms with Crippen LogP contribution in [0.2, 0.25) is 0 Å². The molecule has 0 heterocycles. The van der Waals surface area contributed by atoms with E-state index in [0.717, 1.165) is 24.8 Å². The van der Waals surface area contributed by atoms with Crippen LogP contribution in [0.15, 0.2) is 18.2 Å². The van der Waals surface area contributed by atoms with Gasteiger partial charge in [-0.2, -0.15) is 0 Å². The maximum Gasteiger partial charge on any atom is 0.331 e. The van der Waals surface area contributed by atoms with Gasteiger partial charge in [0.15, 0.2) is 5.54 Å². The topological polar surface area (TPSA) is 75.6 Å².